The van der Waals surface area contributed by atoms with Gasteiger partial charge in [-0.15, -0.1) is 0 Å². The van der Waals surface area contributed by atoms with E-state index < -0.39 is 17.4 Å². The second-order valence-electron chi connectivity index (χ2n) is 4.59. The van der Waals surface area contributed by atoms with Crippen LogP contribution >= 0.6 is 0 Å². The molecule has 0 aromatic carbocycles. The lowest BCUT2D eigenvalue weighted by Crippen LogP contribution is -2.42. The van der Waals surface area contributed by atoms with E-state index >= 15 is 0 Å². The summed E-state index contributed by atoms with van der Waals surface area (Å²) in [6.45, 7) is 7.11. The van der Waals surface area contributed by atoms with Crippen molar-refractivity contribution in [3.8, 4) is 0 Å². The first-order valence-electron chi connectivity index (χ1n) is 7.50. The highest BCUT2D eigenvalue weighted by Crippen LogP contribution is 2.30. The van der Waals surface area contributed by atoms with Crippen molar-refractivity contribution in [1.29, 1.82) is 0 Å². The number of ether oxygens (including phenoxy) is 4. The third-order valence-corrected chi connectivity index (χ3v) is 3.25. The van der Waals surface area contributed by atoms with Crippen molar-refractivity contribution in [2.24, 2.45) is 5.41 Å². The highest BCUT2D eigenvalue weighted by atomic mass is 16.6. The average Bonchev–Trinajstić information content (AvgIpc) is 2.47. The largest absolute Gasteiger partial charge is 0.465 e. The van der Waals surface area contributed by atoms with Crippen LogP contribution in [0.3, 0.4) is 0 Å². The summed E-state index contributed by atoms with van der Waals surface area (Å²) in [5, 5.41) is 0. The molecule has 0 atom stereocenters. The lowest BCUT2D eigenvalue weighted by atomic mass is 9.82. The standard InChI is InChI=1S/C15H28O6/c1-5-15(13(16)20-6-2,14(17)21-7-3)9-12-19-11-8-10-18-4/h5-12H2,1-4H3. The second kappa shape index (κ2) is 11.5. The molecule has 0 aliphatic carbocycles. The molecule has 21 heavy (non-hydrogen) atoms. The van der Waals surface area contributed by atoms with Crippen molar-refractivity contribution in [3.05, 3.63) is 0 Å². The summed E-state index contributed by atoms with van der Waals surface area (Å²) in [7, 11) is 1.63. The monoisotopic (exact) mass is 304 g/mol. The Morgan fingerprint density at radius 1 is 0.905 bits per heavy atom. The van der Waals surface area contributed by atoms with E-state index in [4.69, 9.17) is 18.9 Å². The fourth-order valence-corrected chi connectivity index (χ4v) is 1.95. The van der Waals surface area contributed by atoms with Gasteiger partial charge >= 0.3 is 11.9 Å². The molecule has 0 heterocycles. The van der Waals surface area contributed by atoms with Crippen molar-refractivity contribution in [2.45, 2.75) is 40.0 Å². The first-order valence-corrected chi connectivity index (χ1v) is 7.50. The molecule has 0 fully saturated rings. The number of carbonyl (C=O) groups excluding carboxylic acids is 2. The maximum atomic E-state index is 12.2. The molecular weight excluding hydrogens is 276 g/mol. The zero-order valence-corrected chi connectivity index (χ0v) is 13.6. The molecule has 0 amide bonds. The quantitative estimate of drug-likeness (QED) is 0.312. The molecule has 0 aliphatic rings. The normalized spacial score (nSPS) is 11.2. The van der Waals surface area contributed by atoms with E-state index in [2.05, 4.69) is 0 Å². The third kappa shape index (κ3) is 6.44. The minimum absolute atomic E-state index is 0.231. The summed E-state index contributed by atoms with van der Waals surface area (Å²) in [4.78, 5) is 24.4. The Morgan fingerprint density at radius 3 is 1.90 bits per heavy atom. The maximum Gasteiger partial charge on any atom is 0.323 e. The average molecular weight is 304 g/mol. The Bertz CT molecular complexity index is 285. The van der Waals surface area contributed by atoms with Gasteiger partial charge in [0.05, 0.1) is 13.2 Å². The smallest absolute Gasteiger partial charge is 0.323 e. The summed E-state index contributed by atoms with van der Waals surface area (Å²) < 4.78 is 20.5. The number of carbonyl (C=O) groups is 2. The minimum atomic E-state index is -1.27. The number of rotatable bonds is 12. The van der Waals surface area contributed by atoms with Gasteiger partial charge in [0.25, 0.3) is 0 Å². The zero-order chi connectivity index (χ0) is 16.1. The van der Waals surface area contributed by atoms with Gasteiger partial charge in [-0.1, -0.05) is 6.92 Å². The Hall–Kier alpha value is -1.14. The predicted octanol–water partition coefficient (Wildman–Crippen LogP) is 1.95. The number of hydrogen-bond acceptors (Lipinski definition) is 6. The van der Waals surface area contributed by atoms with Crippen LogP contribution in [-0.4, -0.2) is 52.1 Å². The Kier molecular flexibility index (Phi) is 10.9. The summed E-state index contributed by atoms with van der Waals surface area (Å²) >= 11 is 0. The molecule has 124 valence electrons. The van der Waals surface area contributed by atoms with Crippen LogP contribution in [0.5, 0.6) is 0 Å². The van der Waals surface area contributed by atoms with Crippen molar-refractivity contribution in [2.75, 3.05) is 40.1 Å². The summed E-state index contributed by atoms with van der Waals surface area (Å²) in [5.74, 6) is -1.07. The minimum Gasteiger partial charge on any atom is -0.465 e. The lowest BCUT2D eigenvalue weighted by molar-refractivity contribution is -0.174. The molecule has 0 aliphatic heterocycles. The Morgan fingerprint density at radius 2 is 1.48 bits per heavy atom. The highest BCUT2D eigenvalue weighted by molar-refractivity contribution is 6.00. The van der Waals surface area contributed by atoms with Gasteiger partial charge < -0.3 is 18.9 Å². The van der Waals surface area contributed by atoms with Gasteiger partial charge in [0.2, 0.25) is 0 Å². The van der Waals surface area contributed by atoms with Crippen LogP contribution in [0.4, 0.5) is 0 Å². The van der Waals surface area contributed by atoms with Crippen LogP contribution < -0.4 is 0 Å². The molecule has 0 aromatic heterocycles. The van der Waals surface area contributed by atoms with Crippen LogP contribution in [0, 0.1) is 5.41 Å². The highest BCUT2D eigenvalue weighted by Gasteiger charge is 2.47. The molecule has 0 N–H and O–H groups in total. The van der Waals surface area contributed by atoms with Crippen LogP contribution in [-0.2, 0) is 28.5 Å². The summed E-state index contributed by atoms with van der Waals surface area (Å²) in [5.41, 5.74) is -1.27. The van der Waals surface area contributed by atoms with Crippen LogP contribution in [0.15, 0.2) is 0 Å². The van der Waals surface area contributed by atoms with Crippen LogP contribution in [0.1, 0.15) is 40.0 Å². The predicted molar refractivity (Wildman–Crippen MR) is 77.9 cm³/mol. The van der Waals surface area contributed by atoms with E-state index in [1.807, 2.05) is 0 Å². The molecule has 0 rings (SSSR count). The van der Waals surface area contributed by atoms with Crippen molar-refractivity contribution >= 4 is 11.9 Å². The van der Waals surface area contributed by atoms with Gasteiger partial charge in [-0.2, -0.15) is 0 Å². The molecule has 0 bridgehead atoms. The lowest BCUT2D eigenvalue weighted by Gasteiger charge is -2.27. The van der Waals surface area contributed by atoms with Gasteiger partial charge in [-0.05, 0) is 33.1 Å². The maximum absolute atomic E-state index is 12.2. The van der Waals surface area contributed by atoms with Crippen LogP contribution in [0.25, 0.3) is 0 Å². The first kappa shape index (κ1) is 19.9. The Labute approximate surface area is 127 Å². The number of esters is 2. The molecule has 6 heteroatoms. The van der Waals surface area contributed by atoms with E-state index in [-0.39, 0.29) is 19.6 Å². The molecule has 6 nitrogen and oxygen atoms in total. The van der Waals surface area contributed by atoms with Gasteiger partial charge in [0.15, 0.2) is 5.41 Å². The van der Waals surface area contributed by atoms with Gasteiger partial charge in [-0.3, -0.25) is 9.59 Å². The van der Waals surface area contributed by atoms with Crippen molar-refractivity contribution < 1.29 is 28.5 Å². The molecule has 0 saturated carbocycles. The SMILES string of the molecule is CCOC(=O)C(CC)(CCOCCCOC)C(=O)OCC. The zero-order valence-electron chi connectivity index (χ0n) is 13.6. The summed E-state index contributed by atoms with van der Waals surface area (Å²) in [6.07, 6.45) is 1.36. The third-order valence-electron chi connectivity index (χ3n) is 3.25. The Balaban J connectivity index is 4.63. The second-order valence-corrected chi connectivity index (χ2v) is 4.59. The molecule has 0 saturated heterocycles. The van der Waals surface area contributed by atoms with Crippen LogP contribution in [0.2, 0.25) is 0 Å². The topological polar surface area (TPSA) is 71.1 Å². The fourth-order valence-electron chi connectivity index (χ4n) is 1.95. The molecule has 0 aromatic rings. The van der Waals surface area contributed by atoms with Crippen molar-refractivity contribution in [1.82, 2.24) is 0 Å². The van der Waals surface area contributed by atoms with Crippen molar-refractivity contribution in [3.63, 3.8) is 0 Å². The van der Waals surface area contributed by atoms with E-state index in [1.54, 1.807) is 27.9 Å². The fraction of sp³-hybridized carbons (Fsp3) is 0.867. The molecular formula is C15H28O6. The van der Waals surface area contributed by atoms with Gasteiger partial charge in [0.1, 0.15) is 0 Å². The van der Waals surface area contributed by atoms with E-state index in [0.717, 1.165) is 6.42 Å². The van der Waals surface area contributed by atoms with E-state index in [1.165, 1.54) is 0 Å². The first-order chi connectivity index (χ1) is 10.1. The van der Waals surface area contributed by atoms with E-state index in [0.29, 0.717) is 26.2 Å². The number of methoxy groups -OCH3 is 1. The van der Waals surface area contributed by atoms with E-state index in [9.17, 15) is 9.59 Å². The van der Waals surface area contributed by atoms with Gasteiger partial charge in [-0.25, -0.2) is 0 Å². The molecule has 0 unspecified atom stereocenters. The number of hydrogen-bond donors (Lipinski definition) is 0. The molecule has 0 spiro atoms. The van der Waals surface area contributed by atoms with Gasteiger partial charge in [0, 0.05) is 26.9 Å². The summed E-state index contributed by atoms with van der Waals surface area (Å²) in [6, 6.07) is 0. The molecule has 0 radical (unpaired) electrons.